The summed E-state index contributed by atoms with van der Waals surface area (Å²) in [7, 11) is 0. The van der Waals surface area contributed by atoms with Crippen LogP contribution in [0.2, 0.25) is 5.02 Å². The Morgan fingerprint density at radius 2 is 1.88 bits per heavy atom. The molecule has 2 aliphatic rings. The van der Waals surface area contributed by atoms with Crippen molar-refractivity contribution in [3.8, 4) is 17.9 Å². The number of fused-ring (bicyclic) bond motifs is 1. The number of rotatable bonds is 1. The predicted octanol–water partition coefficient (Wildman–Crippen LogP) is 2.71. The van der Waals surface area contributed by atoms with E-state index in [0.717, 1.165) is 43.1 Å². The van der Waals surface area contributed by atoms with Crippen molar-refractivity contribution in [3.05, 3.63) is 52.9 Å². The highest BCUT2D eigenvalue weighted by atomic mass is 35.5. The molecule has 2 saturated heterocycles. The predicted molar refractivity (Wildman–Crippen MR) is 101 cm³/mol. The van der Waals surface area contributed by atoms with Gasteiger partial charge in [-0.1, -0.05) is 23.4 Å². The first kappa shape index (κ1) is 16.8. The fourth-order valence-corrected chi connectivity index (χ4v) is 3.87. The summed E-state index contributed by atoms with van der Waals surface area (Å²) >= 11 is 5.93. The normalized spacial score (nSPS) is 22.2. The second-order valence-electron chi connectivity index (χ2n) is 6.55. The first-order valence-corrected chi connectivity index (χ1v) is 9.11. The standard InChI is InChI=1S/C20H18ClN5/c21-16-4-1-15(2-5-16)3-6-17-7-8-18-14-25(11-12-26(17)18)20-19(13-22)23-9-10-24-20/h1-2,4-5,9-10,17-18H,7-8,11-12,14H2/t17-,18-/m0/s1. The summed E-state index contributed by atoms with van der Waals surface area (Å²) in [5.74, 6) is 7.41. The van der Waals surface area contributed by atoms with Gasteiger partial charge in [0, 0.05) is 48.7 Å². The van der Waals surface area contributed by atoms with Crippen LogP contribution in [0.3, 0.4) is 0 Å². The molecule has 4 rings (SSSR count). The van der Waals surface area contributed by atoms with Gasteiger partial charge in [-0.05, 0) is 37.1 Å². The minimum Gasteiger partial charge on any atom is -0.351 e. The van der Waals surface area contributed by atoms with Gasteiger partial charge in [-0.3, -0.25) is 4.90 Å². The van der Waals surface area contributed by atoms with Crippen molar-refractivity contribution in [1.29, 1.82) is 5.26 Å². The average Bonchev–Trinajstić information content (AvgIpc) is 3.10. The number of nitriles is 1. The molecule has 0 spiro atoms. The smallest absolute Gasteiger partial charge is 0.183 e. The van der Waals surface area contributed by atoms with Crippen LogP contribution in [0.25, 0.3) is 0 Å². The van der Waals surface area contributed by atoms with Gasteiger partial charge < -0.3 is 4.90 Å². The molecule has 2 atom stereocenters. The SMILES string of the molecule is N#Cc1nccnc1N1CCN2[C@@H](CC[C@@H]2C#Cc2ccc(Cl)cc2)C1. The Labute approximate surface area is 158 Å². The maximum absolute atomic E-state index is 9.26. The Balaban J connectivity index is 1.46. The highest BCUT2D eigenvalue weighted by Gasteiger charge is 2.37. The van der Waals surface area contributed by atoms with Crippen LogP contribution in [0.5, 0.6) is 0 Å². The van der Waals surface area contributed by atoms with E-state index in [9.17, 15) is 5.26 Å². The van der Waals surface area contributed by atoms with Crippen molar-refractivity contribution in [2.45, 2.75) is 24.9 Å². The van der Waals surface area contributed by atoms with Gasteiger partial charge in [-0.25, -0.2) is 9.97 Å². The fraction of sp³-hybridized carbons (Fsp3) is 0.350. The third-order valence-electron chi connectivity index (χ3n) is 5.01. The molecule has 2 fully saturated rings. The van der Waals surface area contributed by atoms with Crippen LogP contribution in [0.1, 0.15) is 24.1 Å². The van der Waals surface area contributed by atoms with Crippen molar-refractivity contribution in [2.24, 2.45) is 0 Å². The lowest BCUT2D eigenvalue weighted by Gasteiger charge is -2.39. The summed E-state index contributed by atoms with van der Waals surface area (Å²) in [5, 5.41) is 9.99. The molecule has 3 heterocycles. The molecule has 0 bridgehead atoms. The maximum Gasteiger partial charge on any atom is 0.183 e. The molecule has 26 heavy (non-hydrogen) atoms. The first-order chi connectivity index (χ1) is 12.7. The van der Waals surface area contributed by atoms with E-state index >= 15 is 0 Å². The van der Waals surface area contributed by atoms with Crippen molar-refractivity contribution in [3.63, 3.8) is 0 Å². The first-order valence-electron chi connectivity index (χ1n) is 8.73. The van der Waals surface area contributed by atoms with E-state index in [2.05, 4.69) is 37.7 Å². The van der Waals surface area contributed by atoms with Crippen LogP contribution in [-0.2, 0) is 0 Å². The molecule has 5 nitrogen and oxygen atoms in total. The number of anilines is 1. The molecule has 0 amide bonds. The van der Waals surface area contributed by atoms with E-state index in [4.69, 9.17) is 11.6 Å². The monoisotopic (exact) mass is 363 g/mol. The highest BCUT2D eigenvalue weighted by molar-refractivity contribution is 6.30. The Bertz CT molecular complexity index is 893. The number of nitrogens with zero attached hydrogens (tertiary/aromatic N) is 5. The number of piperazine rings is 1. The molecule has 1 aromatic heterocycles. The summed E-state index contributed by atoms with van der Waals surface area (Å²) in [6.07, 6.45) is 5.40. The number of benzene rings is 1. The fourth-order valence-electron chi connectivity index (χ4n) is 3.74. The number of hydrogen-bond acceptors (Lipinski definition) is 5. The summed E-state index contributed by atoms with van der Waals surface area (Å²) in [6.45, 7) is 2.63. The lowest BCUT2D eigenvalue weighted by molar-refractivity contribution is 0.202. The van der Waals surface area contributed by atoms with Crippen molar-refractivity contribution in [1.82, 2.24) is 14.9 Å². The van der Waals surface area contributed by atoms with Gasteiger partial charge in [-0.15, -0.1) is 0 Å². The quantitative estimate of drug-likeness (QED) is 0.729. The Morgan fingerprint density at radius 1 is 1.08 bits per heavy atom. The maximum atomic E-state index is 9.26. The van der Waals surface area contributed by atoms with E-state index in [1.807, 2.05) is 24.3 Å². The Morgan fingerprint density at radius 3 is 2.69 bits per heavy atom. The molecular formula is C20H18ClN5. The van der Waals surface area contributed by atoms with Gasteiger partial charge in [0.1, 0.15) is 6.07 Å². The third kappa shape index (κ3) is 3.37. The Kier molecular flexibility index (Phi) is 4.75. The van der Waals surface area contributed by atoms with Gasteiger partial charge in [0.25, 0.3) is 0 Å². The van der Waals surface area contributed by atoms with Crippen LogP contribution in [0.4, 0.5) is 5.82 Å². The molecule has 2 aliphatic heterocycles. The molecule has 0 N–H and O–H groups in total. The zero-order valence-electron chi connectivity index (χ0n) is 14.3. The molecular weight excluding hydrogens is 346 g/mol. The van der Waals surface area contributed by atoms with Crippen LogP contribution in [0.15, 0.2) is 36.7 Å². The summed E-state index contributed by atoms with van der Waals surface area (Å²) in [4.78, 5) is 13.2. The van der Waals surface area contributed by atoms with E-state index < -0.39 is 0 Å². The van der Waals surface area contributed by atoms with E-state index in [1.165, 1.54) is 0 Å². The van der Waals surface area contributed by atoms with Crippen LogP contribution in [0, 0.1) is 23.2 Å². The molecule has 0 unspecified atom stereocenters. The lowest BCUT2D eigenvalue weighted by Crippen LogP contribution is -2.52. The molecule has 0 saturated carbocycles. The largest absolute Gasteiger partial charge is 0.351 e. The summed E-state index contributed by atoms with van der Waals surface area (Å²) in [5.41, 5.74) is 1.40. The van der Waals surface area contributed by atoms with Crippen LogP contribution in [-0.4, -0.2) is 46.6 Å². The van der Waals surface area contributed by atoms with Crippen molar-refractivity contribution in [2.75, 3.05) is 24.5 Å². The van der Waals surface area contributed by atoms with E-state index in [-0.39, 0.29) is 6.04 Å². The molecule has 0 aliphatic carbocycles. The Hall–Kier alpha value is -2.60. The summed E-state index contributed by atoms with van der Waals surface area (Å²) < 4.78 is 0. The lowest BCUT2D eigenvalue weighted by atomic mass is 10.1. The van der Waals surface area contributed by atoms with Crippen LogP contribution < -0.4 is 4.90 Å². The molecule has 6 heteroatoms. The van der Waals surface area contributed by atoms with E-state index in [1.54, 1.807) is 12.4 Å². The minimum atomic E-state index is 0.287. The molecule has 130 valence electrons. The third-order valence-corrected chi connectivity index (χ3v) is 5.27. The average molecular weight is 364 g/mol. The highest BCUT2D eigenvalue weighted by Crippen LogP contribution is 2.29. The van der Waals surface area contributed by atoms with Gasteiger partial charge >= 0.3 is 0 Å². The van der Waals surface area contributed by atoms with Crippen LogP contribution >= 0.6 is 11.6 Å². The summed E-state index contributed by atoms with van der Waals surface area (Å²) in [6, 6.07) is 10.5. The van der Waals surface area contributed by atoms with Gasteiger partial charge in [0.2, 0.25) is 0 Å². The van der Waals surface area contributed by atoms with Crippen molar-refractivity contribution >= 4 is 17.4 Å². The molecule has 1 aromatic carbocycles. The molecule has 2 aromatic rings. The number of halogens is 1. The van der Waals surface area contributed by atoms with Gasteiger partial charge in [0.05, 0.1) is 6.04 Å². The zero-order valence-corrected chi connectivity index (χ0v) is 15.0. The molecule has 0 radical (unpaired) electrons. The van der Waals surface area contributed by atoms with Crippen molar-refractivity contribution < 1.29 is 0 Å². The second kappa shape index (κ2) is 7.33. The topological polar surface area (TPSA) is 56.1 Å². The number of aromatic nitrogens is 2. The zero-order chi connectivity index (χ0) is 17.9. The minimum absolute atomic E-state index is 0.287. The van der Waals surface area contributed by atoms with E-state index in [0.29, 0.717) is 17.6 Å². The number of hydrogen-bond donors (Lipinski definition) is 0. The van der Waals surface area contributed by atoms with Gasteiger partial charge in [0.15, 0.2) is 11.5 Å². The van der Waals surface area contributed by atoms with Gasteiger partial charge in [-0.2, -0.15) is 5.26 Å². The second-order valence-corrected chi connectivity index (χ2v) is 6.98.